The van der Waals surface area contributed by atoms with E-state index in [1.807, 2.05) is 0 Å². The van der Waals surface area contributed by atoms with E-state index in [9.17, 15) is 0 Å². The smallest absolute Gasteiger partial charge is 0.0748 e. The summed E-state index contributed by atoms with van der Waals surface area (Å²) in [6, 6.07) is 4.36. The molecule has 4 aromatic rings. The Kier molecular flexibility index (Phi) is 7.81. The van der Waals surface area contributed by atoms with Gasteiger partial charge in [0.1, 0.15) is 0 Å². The van der Waals surface area contributed by atoms with Crippen molar-refractivity contribution in [2.75, 3.05) is 0 Å². The van der Waals surface area contributed by atoms with Crippen molar-refractivity contribution in [3.05, 3.63) is 23.3 Å². The summed E-state index contributed by atoms with van der Waals surface area (Å²) in [5, 5.41) is 2.19. The van der Waals surface area contributed by atoms with Crippen molar-refractivity contribution < 1.29 is 0 Å². The Bertz CT molecular complexity index is 1270. The van der Waals surface area contributed by atoms with Crippen molar-refractivity contribution >= 4 is 187 Å². The molecule has 4 atom stereocenters. The monoisotopic (exact) mass is 968 g/mol. The van der Waals surface area contributed by atoms with Crippen molar-refractivity contribution in [3.8, 4) is 19.5 Å². The number of hydrogen-bond donors (Lipinski definition) is 0. The second kappa shape index (κ2) is 11.0. The largest absolute Gasteiger partial charge is 0.134 e. The number of halogens is 4. The molecule has 28 heavy (non-hydrogen) atoms. The van der Waals surface area contributed by atoms with Gasteiger partial charge in [-0.1, -0.05) is 88.2 Å². The lowest BCUT2D eigenvalue weighted by Gasteiger charge is -1.99. The van der Waals surface area contributed by atoms with Gasteiger partial charge < -0.3 is 0 Å². The van der Waals surface area contributed by atoms with Gasteiger partial charge in [-0.2, -0.15) is 0 Å². The molecule has 0 aromatic carbocycles. The molecule has 4 unspecified atom stereocenters. The van der Waals surface area contributed by atoms with Crippen LogP contribution >= 0.6 is 158 Å². The highest BCUT2D eigenvalue weighted by Gasteiger charge is 2.23. The zero-order valence-electron chi connectivity index (χ0n) is 18.1. The Morgan fingerprint density at radius 3 is 1.96 bits per heavy atom. The molecule has 0 aliphatic heterocycles. The molecule has 0 saturated heterocycles. The molecule has 0 amide bonds. The van der Waals surface area contributed by atoms with Gasteiger partial charge >= 0.3 is 0 Å². The van der Waals surface area contributed by atoms with Crippen LogP contribution in [0.5, 0.6) is 0 Å². The molecule has 0 saturated carbocycles. The first-order valence-electron chi connectivity index (χ1n) is 9.40. The SMILES string of the molecule is [2H]P(I)c1cc(-c2sc3c(P([2H])I)c(-c4cc(C)c(P([2H])I)s4)sc3c2C)sc1P([2H])I. The van der Waals surface area contributed by atoms with E-state index in [1.165, 1.54) is 40.0 Å². The molecule has 0 radical (unpaired) electrons. The predicted octanol–water partition coefficient (Wildman–Crippen LogP) is 9.65. The number of rotatable bonds is 6. The maximum Gasteiger partial charge on any atom is 0.0748 e. The Labute approximate surface area is 245 Å². The molecule has 0 fully saturated rings. The van der Waals surface area contributed by atoms with Crippen LogP contribution in [0.1, 0.15) is 11.1 Å². The topological polar surface area (TPSA) is 0 Å². The Hall–Kier alpha value is 3.70. The Morgan fingerprint density at radius 2 is 1.39 bits per heavy atom. The molecule has 12 heteroatoms. The maximum atomic E-state index is 8.68. The first-order valence-corrected chi connectivity index (χ1v) is 25.6. The fourth-order valence-electron chi connectivity index (χ4n) is 2.78. The lowest BCUT2D eigenvalue weighted by Crippen LogP contribution is -2.03. The average molecular weight is 968 g/mol. The van der Waals surface area contributed by atoms with Gasteiger partial charge in [0.05, 0.1) is 14.7 Å². The molecule has 4 heterocycles. The molecular formula is C16H12I4P4S4. The molecule has 0 N–H and O–H groups in total. The minimum absolute atomic E-state index is 0.902. The zero-order valence-corrected chi connectivity index (χ0v) is 29.6. The van der Waals surface area contributed by atoms with E-state index in [-0.39, 0.29) is 0 Å². The van der Waals surface area contributed by atoms with Gasteiger partial charge in [0, 0.05) is 39.2 Å². The van der Waals surface area contributed by atoms with Crippen molar-refractivity contribution in [3.63, 3.8) is 0 Å². The van der Waals surface area contributed by atoms with Crippen LogP contribution in [0, 0.1) is 13.8 Å². The number of thiophene rings is 4. The van der Waals surface area contributed by atoms with Crippen LogP contribution in [0.4, 0.5) is 0 Å². The average Bonchev–Trinajstić information content (AvgIpc) is 3.43. The second-order valence-electron chi connectivity index (χ2n) is 5.73. The summed E-state index contributed by atoms with van der Waals surface area (Å²) in [5.41, 5.74) is 2.45. The van der Waals surface area contributed by atoms with Crippen LogP contribution in [0.3, 0.4) is 0 Å². The summed E-state index contributed by atoms with van der Waals surface area (Å²) in [5.74, 6) is 0. The quantitative estimate of drug-likeness (QED) is 0.134. The van der Waals surface area contributed by atoms with E-state index < -0.39 is 24.7 Å². The Balaban J connectivity index is 1.89. The van der Waals surface area contributed by atoms with Gasteiger partial charge in [0.25, 0.3) is 0 Å². The van der Waals surface area contributed by atoms with Gasteiger partial charge in [-0.05, 0) is 61.8 Å². The van der Waals surface area contributed by atoms with Gasteiger partial charge in [0.15, 0.2) is 0 Å². The van der Waals surface area contributed by atoms with Crippen LogP contribution in [0.15, 0.2) is 12.1 Å². The van der Waals surface area contributed by atoms with E-state index in [0.717, 1.165) is 19.8 Å². The first-order chi connectivity index (χ1) is 15.0. The van der Waals surface area contributed by atoms with Crippen LogP contribution in [-0.4, -0.2) is 5.11 Å². The van der Waals surface area contributed by atoms with E-state index >= 15 is 0 Å². The van der Waals surface area contributed by atoms with Gasteiger partial charge in [-0.25, -0.2) is 0 Å². The zero-order chi connectivity index (χ0) is 23.5. The first kappa shape index (κ1) is 19.9. The fourth-order valence-corrected chi connectivity index (χ4v) is 19.5. The van der Waals surface area contributed by atoms with Crippen LogP contribution in [0.25, 0.3) is 28.9 Å². The van der Waals surface area contributed by atoms with Gasteiger partial charge in [-0.15, -0.1) is 45.3 Å². The van der Waals surface area contributed by atoms with E-state index in [0.29, 0.717) is 0 Å². The van der Waals surface area contributed by atoms with E-state index in [2.05, 4.69) is 114 Å². The van der Waals surface area contributed by atoms with E-state index in [1.54, 1.807) is 45.3 Å². The van der Waals surface area contributed by atoms with Crippen LogP contribution < -0.4 is 19.8 Å². The van der Waals surface area contributed by atoms with Crippen molar-refractivity contribution in [1.82, 2.24) is 0 Å². The molecule has 0 spiro atoms. The minimum Gasteiger partial charge on any atom is -0.134 e. The second-order valence-corrected chi connectivity index (χ2v) is 18.8. The highest BCUT2D eigenvalue weighted by molar-refractivity contribution is 14.2. The lowest BCUT2D eigenvalue weighted by atomic mass is 10.2. The normalized spacial score (nSPS) is 18.4. The third-order valence-electron chi connectivity index (χ3n) is 4.09. The molecule has 4 aromatic heterocycles. The van der Waals surface area contributed by atoms with E-state index in [4.69, 9.17) is 5.11 Å². The minimum atomic E-state index is -1.06. The number of fused-ring (bicyclic) bond motifs is 1. The summed E-state index contributed by atoms with van der Waals surface area (Å²) in [4.78, 5) is 4.81. The summed E-state index contributed by atoms with van der Waals surface area (Å²) >= 11 is 15.9. The lowest BCUT2D eigenvalue weighted by molar-refractivity contribution is 1.59. The molecule has 0 bridgehead atoms. The highest BCUT2D eigenvalue weighted by Crippen LogP contribution is 2.49. The van der Waals surface area contributed by atoms with Gasteiger partial charge in [-0.3, -0.25) is 0 Å². The fraction of sp³-hybridized carbons (Fsp3) is 0.125. The number of aryl methyl sites for hydroxylation is 2. The summed E-state index contributed by atoms with van der Waals surface area (Å²) in [6.07, 6.45) is -3.97. The molecule has 4 rings (SSSR count). The van der Waals surface area contributed by atoms with Crippen molar-refractivity contribution in [2.45, 2.75) is 13.8 Å². The summed E-state index contributed by atoms with van der Waals surface area (Å²) in [6.45, 7) is 4.27. The molecular weight excluding hydrogens is 952 g/mol. The highest BCUT2D eigenvalue weighted by atomic mass is 127. The molecule has 148 valence electrons. The predicted molar refractivity (Wildman–Crippen MR) is 184 cm³/mol. The maximum absolute atomic E-state index is 8.68. The molecule has 0 aliphatic rings. The number of hydrogen-bond acceptors (Lipinski definition) is 4. The third-order valence-corrected chi connectivity index (χ3v) is 20.8. The third kappa shape index (κ3) is 4.76. The van der Waals surface area contributed by atoms with Crippen LogP contribution in [-0.2, 0) is 0 Å². The standard InChI is InChI=1S/C16H12I4P4S4/c1-5-3-8(25-15(5)23-19)13-10(22-18)14-12(28-13)6(2)11(27-14)9-4-7(21-17)16(24-20)26-9/h3-4,21-24H,1-2H3/i21D,22D,23D,24D. The Morgan fingerprint density at radius 1 is 0.750 bits per heavy atom. The van der Waals surface area contributed by atoms with Crippen molar-refractivity contribution in [1.29, 1.82) is 5.11 Å². The van der Waals surface area contributed by atoms with Crippen LogP contribution in [0.2, 0.25) is 0 Å². The molecule has 0 aliphatic carbocycles. The molecule has 0 nitrogen and oxygen atoms in total. The summed E-state index contributed by atoms with van der Waals surface area (Å²) in [7, 11) is 0. The van der Waals surface area contributed by atoms with Gasteiger partial charge in [0.2, 0.25) is 0 Å². The summed E-state index contributed by atoms with van der Waals surface area (Å²) < 4.78 is 38.1. The van der Waals surface area contributed by atoms with Crippen molar-refractivity contribution in [2.24, 2.45) is 0 Å².